The van der Waals surface area contributed by atoms with Crippen LogP contribution in [0.1, 0.15) is 37.5 Å². The largest absolute Gasteiger partial charge is 0.339 e. The molecule has 0 saturated heterocycles. The molecule has 21 heavy (non-hydrogen) atoms. The smallest absolute Gasteiger partial charge is 0.226 e. The van der Waals surface area contributed by atoms with E-state index in [1.54, 1.807) is 6.07 Å². The second-order valence-electron chi connectivity index (χ2n) is 5.01. The molecule has 0 spiro atoms. The molecule has 1 heterocycles. The Morgan fingerprint density at radius 2 is 2.14 bits per heavy atom. The molecule has 0 aliphatic carbocycles. The zero-order chi connectivity index (χ0) is 15.2. The summed E-state index contributed by atoms with van der Waals surface area (Å²) in [5, 5.41) is 8.60. The fourth-order valence-electron chi connectivity index (χ4n) is 2.09. The van der Waals surface area contributed by atoms with Gasteiger partial charge in [-0.25, -0.2) is 0 Å². The van der Waals surface area contributed by atoms with E-state index in [0.29, 0.717) is 34.2 Å². The van der Waals surface area contributed by atoms with Gasteiger partial charge in [0, 0.05) is 28.9 Å². The topological polar surface area (TPSA) is 51.0 Å². The maximum Gasteiger partial charge on any atom is 0.226 e. The molecule has 6 heteroatoms. The third-order valence-electron chi connectivity index (χ3n) is 3.22. The van der Waals surface area contributed by atoms with Crippen LogP contribution in [0.25, 0.3) is 0 Å². The molecule has 0 bridgehead atoms. The van der Waals surface area contributed by atoms with Crippen LogP contribution in [0.3, 0.4) is 0 Å². The average molecular weight is 328 g/mol. The molecule has 1 aromatic carbocycles. The summed E-state index contributed by atoms with van der Waals surface area (Å²) >= 11 is 12.0. The van der Waals surface area contributed by atoms with Crippen molar-refractivity contribution in [3.63, 3.8) is 0 Å². The van der Waals surface area contributed by atoms with Gasteiger partial charge in [-0.05, 0) is 37.6 Å². The predicted octanol–water partition coefficient (Wildman–Crippen LogP) is 3.90. The molecular formula is C15H19Cl2N3O. The van der Waals surface area contributed by atoms with Crippen molar-refractivity contribution in [1.29, 1.82) is 0 Å². The fourth-order valence-corrected chi connectivity index (χ4v) is 2.56. The lowest BCUT2D eigenvalue weighted by Gasteiger charge is -2.09. The van der Waals surface area contributed by atoms with Gasteiger partial charge < -0.3 is 9.84 Å². The van der Waals surface area contributed by atoms with E-state index in [9.17, 15) is 0 Å². The van der Waals surface area contributed by atoms with Crippen molar-refractivity contribution in [3.05, 3.63) is 45.5 Å². The highest BCUT2D eigenvalue weighted by molar-refractivity contribution is 6.35. The number of aromatic nitrogens is 2. The molecular weight excluding hydrogens is 309 g/mol. The van der Waals surface area contributed by atoms with Crippen molar-refractivity contribution < 1.29 is 4.52 Å². The van der Waals surface area contributed by atoms with Crippen LogP contribution in [0.5, 0.6) is 0 Å². The van der Waals surface area contributed by atoms with E-state index in [4.69, 9.17) is 27.7 Å². The van der Waals surface area contributed by atoms with Gasteiger partial charge in [0.05, 0.1) is 0 Å². The standard InChI is InChI=1S/C15H19Cl2N3O/c1-3-18-10(2)4-7-15-19-14(20-21-15)8-11-5-6-12(16)9-13(11)17/h5-6,9-10,18H,3-4,7-8H2,1-2H3. The summed E-state index contributed by atoms with van der Waals surface area (Å²) in [6.07, 6.45) is 2.29. The maximum atomic E-state index is 6.14. The van der Waals surface area contributed by atoms with Crippen LogP contribution in [-0.4, -0.2) is 22.7 Å². The van der Waals surface area contributed by atoms with Gasteiger partial charge in [0.25, 0.3) is 0 Å². The quantitative estimate of drug-likeness (QED) is 0.837. The van der Waals surface area contributed by atoms with Gasteiger partial charge in [0.1, 0.15) is 0 Å². The van der Waals surface area contributed by atoms with Gasteiger partial charge in [-0.1, -0.05) is 41.3 Å². The normalized spacial score (nSPS) is 12.6. The van der Waals surface area contributed by atoms with E-state index in [0.717, 1.165) is 24.9 Å². The van der Waals surface area contributed by atoms with Crippen molar-refractivity contribution >= 4 is 23.2 Å². The summed E-state index contributed by atoms with van der Waals surface area (Å²) in [4.78, 5) is 4.40. The summed E-state index contributed by atoms with van der Waals surface area (Å²) < 4.78 is 5.27. The van der Waals surface area contributed by atoms with Gasteiger partial charge >= 0.3 is 0 Å². The van der Waals surface area contributed by atoms with E-state index in [1.165, 1.54) is 0 Å². The van der Waals surface area contributed by atoms with Crippen molar-refractivity contribution in [2.24, 2.45) is 0 Å². The number of nitrogens with zero attached hydrogens (tertiary/aromatic N) is 2. The van der Waals surface area contributed by atoms with Crippen LogP contribution in [0.2, 0.25) is 10.0 Å². The molecule has 1 atom stereocenters. The lowest BCUT2D eigenvalue weighted by molar-refractivity contribution is 0.363. The van der Waals surface area contributed by atoms with Crippen LogP contribution >= 0.6 is 23.2 Å². The Balaban J connectivity index is 1.93. The monoisotopic (exact) mass is 327 g/mol. The Kier molecular flexibility index (Phi) is 6.03. The summed E-state index contributed by atoms with van der Waals surface area (Å²) in [5.74, 6) is 1.31. The second-order valence-corrected chi connectivity index (χ2v) is 5.86. The van der Waals surface area contributed by atoms with Gasteiger partial charge in [0.2, 0.25) is 5.89 Å². The number of rotatable bonds is 7. The molecule has 0 aliphatic heterocycles. The van der Waals surface area contributed by atoms with Crippen molar-refractivity contribution in [2.75, 3.05) is 6.54 Å². The lowest BCUT2D eigenvalue weighted by atomic mass is 10.1. The van der Waals surface area contributed by atoms with Crippen molar-refractivity contribution in [1.82, 2.24) is 15.5 Å². The SMILES string of the molecule is CCNC(C)CCc1nc(Cc2ccc(Cl)cc2Cl)no1. The Morgan fingerprint density at radius 1 is 1.33 bits per heavy atom. The van der Waals surface area contributed by atoms with Crippen molar-refractivity contribution in [3.8, 4) is 0 Å². The average Bonchev–Trinajstić information content (AvgIpc) is 2.88. The van der Waals surface area contributed by atoms with Gasteiger partial charge in [0.15, 0.2) is 5.82 Å². The molecule has 2 rings (SSSR count). The van der Waals surface area contributed by atoms with E-state index >= 15 is 0 Å². The zero-order valence-corrected chi connectivity index (χ0v) is 13.7. The number of hydrogen-bond donors (Lipinski definition) is 1. The van der Waals surface area contributed by atoms with Gasteiger partial charge in [-0.2, -0.15) is 4.98 Å². The van der Waals surface area contributed by atoms with E-state index in [1.807, 2.05) is 12.1 Å². The minimum absolute atomic E-state index is 0.441. The highest BCUT2D eigenvalue weighted by Crippen LogP contribution is 2.22. The zero-order valence-electron chi connectivity index (χ0n) is 12.2. The first kappa shape index (κ1) is 16.3. The molecule has 0 aliphatic rings. The number of aryl methyl sites for hydroxylation is 1. The summed E-state index contributed by atoms with van der Waals surface area (Å²) in [5.41, 5.74) is 0.939. The van der Waals surface area contributed by atoms with Crippen LogP contribution in [0.15, 0.2) is 22.7 Å². The molecule has 114 valence electrons. The van der Waals surface area contributed by atoms with Gasteiger partial charge in [-0.15, -0.1) is 0 Å². The Hall–Kier alpha value is -1.10. The number of hydrogen-bond acceptors (Lipinski definition) is 4. The van der Waals surface area contributed by atoms with Gasteiger partial charge in [-0.3, -0.25) is 0 Å². The molecule has 0 fully saturated rings. The Morgan fingerprint density at radius 3 is 2.86 bits per heavy atom. The number of nitrogens with one attached hydrogen (secondary N) is 1. The Bertz CT molecular complexity index is 586. The second kappa shape index (κ2) is 7.78. The third-order valence-corrected chi connectivity index (χ3v) is 3.80. The lowest BCUT2D eigenvalue weighted by Crippen LogP contribution is -2.25. The third kappa shape index (κ3) is 4.99. The first-order valence-corrected chi connectivity index (χ1v) is 7.83. The summed E-state index contributed by atoms with van der Waals surface area (Å²) in [6.45, 7) is 5.21. The van der Waals surface area contributed by atoms with Crippen LogP contribution < -0.4 is 5.32 Å². The molecule has 1 aromatic heterocycles. The molecule has 2 aromatic rings. The molecule has 1 N–H and O–H groups in total. The van der Waals surface area contributed by atoms with E-state index in [-0.39, 0.29) is 0 Å². The highest BCUT2D eigenvalue weighted by Gasteiger charge is 2.11. The summed E-state index contributed by atoms with van der Waals surface area (Å²) in [6, 6.07) is 5.85. The predicted molar refractivity (Wildman–Crippen MR) is 85.0 cm³/mol. The first-order chi connectivity index (χ1) is 10.1. The van der Waals surface area contributed by atoms with E-state index < -0.39 is 0 Å². The maximum absolute atomic E-state index is 6.14. The van der Waals surface area contributed by atoms with Crippen molar-refractivity contribution in [2.45, 2.75) is 39.2 Å². The minimum atomic E-state index is 0.441. The number of halogens is 2. The number of benzene rings is 1. The molecule has 4 nitrogen and oxygen atoms in total. The highest BCUT2D eigenvalue weighted by atomic mass is 35.5. The molecule has 0 radical (unpaired) electrons. The Labute approximate surface area is 134 Å². The molecule has 0 amide bonds. The summed E-state index contributed by atoms with van der Waals surface area (Å²) in [7, 11) is 0. The molecule has 1 unspecified atom stereocenters. The van der Waals surface area contributed by atoms with Crippen LogP contribution in [-0.2, 0) is 12.8 Å². The van der Waals surface area contributed by atoms with Crippen LogP contribution in [0.4, 0.5) is 0 Å². The van der Waals surface area contributed by atoms with E-state index in [2.05, 4.69) is 29.3 Å². The fraction of sp³-hybridized carbons (Fsp3) is 0.467. The first-order valence-electron chi connectivity index (χ1n) is 7.07. The van der Waals surface area contributed by atoms with Crippen LogP contribution in [0, 0.1) is 0 Å². The molecule has 0 saturated carbocycles. The minimum Gasteiger partial charge on any atom is -0.339 e.